The van der Waals surface area contributed by atoms with Crippen molar-refractivity contribution in [1.82, 2.24) is 9.97 Å². The summed E-state index contributed by atoms with van der Waals surface area (Å²) in [5, 5.41) is 0.472. The second-order valence-electron chi connectivity index (χ2n) is 4.82. The van der Waals surface area contributed by atoms with Gasteiger partial charge in [-0.2, -0.15) is 0 Å². The highest BCUT2D eigenvalue weighted by Gasteiger charge is 2.21. The molecule has 18 heavy (non-hydrogen) atoms. The molecule has 1 aromatic rings. The number of halogens is 2. The normalized spacial score (nSPS) is 11.3. The summed E-state index contributed by atoms with van der Waals surface area (Å²) in [4.78, 5) is 10.7. The van der Waals surface area contributed by atoms with E-state index in [9.17, 15) is 0 Å². The molecule has 0 fully saturated rings. The third-order valence-corrected chi connectivity index (χ3v) is 4.19. The van der Waals surface area contributed by atoms with Gasteiger partial charge in [0.15, 0.2) is 0 Å². The van der Waals surface area contributed by atoms with Crippen LogP contribution in [0.2, 0.25) is 5.15 Å². The SMILES string of the molecule is CCC(CC)N(CC(C)C)c1ncnc(Cl)c1Br. The molecule has 0 bridgehead atoms. The average molecular weight is 335 g/mol. The summed E-state index contributed by atoms with van der Waals surface area (Å²) in [5.74, 6) is 1.48. The second-order valence-corrected chi connectivity index (χ2v) is 5.97. The molecule has 0 saturated heterocycles. The second kappa shape index (κ2) is 7.29. The molecule has 0 unspecified atom stereocenters. The number of nitrogens with zero attached hydrogens (tertiary/aromatic N) is 3. The minimum atomic E-state index is 0.472. The van der Waals surface area contributed by atoms with Crippen LogP contribution in [0.3, 0.4) is 0 Å². The van der Waals surface area contributed by atoms with Gasteiger partial charge in [0, 0.05) is 12.6 Å². The largest absolute Gasteiger partial charge is 0.352 e. The van der Waals surface area contributed by atoms with E-state index < -0.39 is 0 Å². The third kappa shape index (κ3) is 3.82. The first-order valence-electron chi connectivity index (χ1n) is 6.43. The monoisotopic (exact) mass is 333 g/mol. The Hall–Kier alpha value is -0.350. The van der Waals surface area contributed by atoms with Gasteiger partial charge in [0.25, 0.3) is 0 Å². The Labute approximate surface area is 123 Å². The summed E-state index contributed by atoms with van der Waals surface area (Å²) >= 11 is 9.56. The standard InChI is InChI=1S/C13H21BrClN3/c1-5-10(6-2)18(7-9(3)4)13-11(14)12(15)16-8-17-13/h8-10H,5-7H2,1-4H3. The Morgan fingerprint density at radius 3 is 2.39 bits per heavy atom. The van der Waals surface area contributed by atoms with Crippen LogP contribution < -0.4 is 4.90 Å². The molecule has 0 N–H and O–H groups in total. The molecule has 0 aliphatic carbocycles. The van der Waals surface area contributed by atoms with Crippen molar-refractivity contribution < 1.29 is 0 Å². The van der Waals surface area contributed by atoms with Crippen molar-refractivity contribution in [3.63, 3.8) is 0 Å². The molecule has 3 nitrogen and oxygen atoms in total. The van der Waals surface area contributed by atoms with Crippen molar-refractivity contribution in [3.05, 3.63) is 16.0 Å². The zero-order valence-corrected chi connectivity index (χ0v) is 13.8. The lowest BCUT2D eigenvalue weighted by Crippen LogP contribution is -2.38. The van der Waals surface area contributed by atoms with Gasteiger partial charge >= 0.3 is 0 Å². The number of aromatic nitrogens is 2. The number of hydrogen-bond donors (Lipinski definition) is 0. The van der Waals surface area contributed by atoms with Crippen LogP contribution in [0.1, 0.15) is 40.5 Å². The maximum absolute atomic E-state index is 6.06. The fraction of sp³-hybridized carbons (Fsp3) is 0.692. The van der Waals surface area contributed by atoms with Crippen LogP contribution in [0.4, 0.5) is 5.82 Å². The van der Waals surface area contributed by atoms with E-state index in [0.717, 1.165) is 29.7 Å². The summed E-state index contributed by atoms with van der Waals surface area (Å²) in [7, 11) is 0. The molecule has 1 rings (SSSR count). The Kier molecular flexibility index (Phi) is 6.36. The third-order valence-electron chi connectivity index (χ3n) is 2.95. The smallest absolute Gasteiger partial charge is 0.148 e. The highest BCUT2D eigenvalue weighted by atomic mass is 79.9. The van der Waals surface area contributed by atoms with E-state index in [-0.39, 0.29) is 0 Å². The molecular weight excluding hydrogens is 314 g/mol. The predicted molar refractivity (Wildman–Crippen MR) is 81.3 cm³/mol. The first kappa shape index (κ1) is 15.7. The van der Waals surface area contributed by atoms with Crippen LogP contribution in [0.15, 0.2) is 10.8 Å². The molecular formula is C13H21BrClN3. The van der Waals surface area contributed by atoms with Crippen LogP contribution in [0, 0.1) is 5.92 Å². The van der Waals surface area contributed by atoms with Crippen molar-refractivity contribution in [3.8, 4) is 0 Å². The highest BCUT2D eigenvalue weighted by Crippen LogP contribution is 2.31. The Bertz CT molecular complexity index is 380. The van der Waals surface area contributed by atoms with Gasteiger partial charge in [-0.1, -0.05) is 39.3 Å². The van der Waals surface area contributed by atoms with Gasteiger partial charge in [0.2, 0.25) is 0 Å². The van der Waals surface area contributed by atoms with Crippen molar-refractivity contribution in [2.75, 3.05) is 11.4 Å². The number of anilines is 1. The summed E-state index contributed by atoms with van der Waals surface area (Å²) in [6.45, 7) is 9.81. The molecule has 0 aliphatic rings. The van der Waals surface area contributed by atoms with Gasteiger partial charge in [-0.3, -0.25) is 0 Å². The summed E-state index contributed by atoms with van der Waals surface area (Å²) in [6, 6.07) is 0.481. The zero-order valence-electron chi connectivity index (χ0n) is 11.5. The predicted octanol–water partition coefficient (Wildman–Crippen LogP) is 4.54. The Balaban J connectivity index is 3.12. The lowest BCUT2D eigenvalue weighted by atomic mass is 10.1. The molecule has 0 spiro atoms. The van der Waals surface area contributed by atoms with E-state index >= 15 is 0 Å². The Morgan fingerprint density at radius 1 is 1.28 bits per heavy atom. The van der Waals surface area contributed by atoms with Crippen LogP contribution in [-0.4, -0.2) is 22.6 Å². The summed E-state index contributed by atoms with van der Waals surface area (Å²) in [6.07, 6.45) is 3.71. The maximum Gasteiger partial charge on any atom is 0.148 e. The van der Waals surface area contributed by atoms with Crippen LogP contribution in [0.25, 0.3) is 0 Å². The van der Waals surface area contributed by atoms with E-state index in [1.807, 2.05) is 0 Å². The van der Waals surface area contributed by atoms with E-state index in [0.29, 0.717) is 17.1 Å². The van der Waals surface area contributed by atoms with Crippen LogP contribution in [0.5, 0.6) is 0 Å². The fourth-order valence-electron chi connectivity index (χ4n) is 2.07. The summed E-state index contributed by atoms with van der Waals surface area (Å²) < 4.78 is 0.791. The van der Waals surface area contributed by atoms with E-state index in [2.05, 4.69) is 58.5 Å². The number of rotatable bonds is 6. The van der Waals surface area contributed by atoms with E-state index in [4.69, 9.17) is 11.6 Å². The molecule has 0 amide bonds. The molecule has 1 heterocycles. The van der Waals surface area contributed by atoms with E-state index in [1.165, 1.54) is 6.33 Å². The fourth-order valence-corrected chi connectivity index (χ4v) is 2.63. The lowest BCUT2D eigenvalue weighted by Gasteiger charge is -2.33. The van der Waals surface area contributed by atoms with Gasteiger partial charge in [-0.05, 0) is 34.7 Å². The number of hydrogen-bond acceptors (Lipinski definition) is 3. The molecule has 0 radical (unpaired) electrons. The van der Waals surface area contributed by atoms with Crippen molar-refractivity contribution in [2.45, 2.75) is 46.6 Å². The van der Waals surface area contributed by atoms with Crippen molar-refractivity contribution >= 4 is 33.3 Å². The molecule has 0 saturated carbocycles. The van der Waals surface area contributed by atoms with E-state index in [1.54, 1.807) is 0 Å². The van der Waals surface area contributed by atoms with Crippen LogP contribution >= 0.6 is 27.5 Å². The molecule has 102 valence electrons. The van der Waals surface area contributed by atoms with Gasteiger partial charge in [0.05, 0.1) is 4.47 Å². The zero-order chi connectivity index (χ0) is 13.7. The maximum atomic E-state index is 6.06. The summed E-state index contributed by atoms with van der Waals surface area (Å²) in [5.41, 5.74) is 0. The molecule has 5 heteroatoms. The highest BCUT2D eigenvalue weighted by molar-refractivity contribution is 9.10. The molecule has 0 aromatic carbocycles. The van der Waals surface area contributed by atoms with Gasteiger partial charge in [-0.15, -0.1) is 0 Å². The first-order chi connectivity index (χ1) is 8.51. The molecule has 0 atom stereocenters. The lowest BCUT2D eigenvalue weighted by molar-refractivity contribution is 0.502. The van der Waals surface area contributed by atoms with Gasteiger partial charge < -0.3 is 4.90 Å². The van der Waals surface area contributed by atoms with Crippen molar-refractivity contribution in [1.29, 1.82) is 0 Å². The molecule has 0 aliphatic heterocycles. The van der Waals surface area contributed by atoms with Crippen molar-refractivity contribution in [2.24, 2.45) is 5.92 Å². The first-order valence-corrected chi connectivity index (χ1v) is 7.60. The molecule has 1 aromatic heterocycles. The van der Waals surface area contributed by atoms with Gasteiger partial charge in [0.1, 0.15) is 17.3 Å². The quantitative estimate of drug-likeness (QED) is 0.715. The minimum absolute atomic E-state index is 0.472. The minimum Gasteiger partial charge on any atom is -0.352 e. The topological polar surface area (TPSA) is 29.0 Å². The van der Waals surface area contributed by atoms with Gasteiger partial charge in [-0.25, -0.2) is 9.97 Å². The average Bonchev–Trinajstić information content (AvgIpc) is 2.32. The van der Waals surface area contributed by atoms with Crippen LogP contribution in [-0.2, 0) is 0 Å². The Morgan fingerprint density at radius 2 is 1.89 bits per heavy atom.